The third-order valence-corrected chi connectivity index (χ3v) is 6.06. The van der Waals surface area contributed by atoms with Crippen molar-refractivity contribution < 1.29 is 19.1 Å². The Morgan fingerprint density at radius 1 is 0.758 bits per heavy atom. The third-order valence-electron chi connectivity index (χ3n) is 6.06. The summed E-state index contributed by atoms with van der Waals surface area (Å²) in [5, 5.41) is 4.70. The van der Waals surface area contributed by atoms with Crippen molar-refractivity contribution in [2.75, 3.05) is 11.9 Å². The monoisotopic (exact) mass is 439 g/mol. The standard InChI is InChI=1S/C28H25NO4/c1-3-5-9-18-14-19(12-13-22(18)29-4-2)26-21-16-23-20(15-24(21)33-28(26)31)25(27(30)32-23)17-10-7-6-8-11-17/h6-8,10-16,29H,3-5,9H2,1-2H3. The van der Waals surface area contributed by atoms with Crippen LogP contribution in [0, 0.1) is 0 Å². The predicted octanol–water partition coefficient (Wildman–Crippen LogP) is 3.70. The van der Waals surface area contributed by atoms with Crippen LogP contribution in [0.2, 0.25) is 0 Å². The zero-order valence-electron chi connectivity index (χ0n) is 18.7. The Bertz CT molecular complexity index is 1390. The van der Waals surface area contributed by atoms with Gasteiger partial charge in [-0.25, -0.2) is 9.59 Å². The second-order valence-electron chi connectivity index (χ2n) is 8.25. The van der Waals surface area contributed by atoms with E-state index in [1.54, 1.807) is 12.1 Å². The highest BCUT2D eigenvalue weighted by atomic mass is 16.5. The van der Waals surface area contributed by atoms with Crippen LogP contribution in [0.15, 0.2) is 60.7 Å². The molecule has 0 fully saturated rings. The number of carbonyl (C=O) groups excluding carboxylic acids is 2. The molecule has 33 heavy (non-hydrogen) atoms. The second kappa shape index (κ2) is 8.58. The summed E-state index contributed by atoms with van der Waals surface area (Å²) >= 11 is 0. The maximum atomic E-state index is 12.9. The van der Waals surface area contributed by atoms with Crippen molar-refractivity contribution in [3.63, 3.8) is 0 Å². The van der Waals surface area contributed by atoms with Crippen LogP contribution in [0.3, 0.4) is 0 Å². The largest absolute Gasteiger partial charge is 0.422 e. The van der Waals surface area contributed by atoms with Crippen molar-refractivity contribution >= 4 is 28.8 Å². The molecule has 2 aliphatic rings. The molecule has 0 unspecified atom stereocenters. The molecule has 0 spiro atoms. The Morgan fingerprint density at radius 2 is 1.39 bits per heavy atom. The van der Waals surface area contributed by atoms with Crippen molar-refractivity contribution in [1.29, 1.82) is 0 Å². The summed E-state index contributed by atoms with van der Waals surface area (Å²) in [4.78, 5) is 25.6. The fraction of sp³-hybridized carbons (Fsp3) is 0.214. The van der Waals surface area contributed by atoms with Gasteiger partial charge in [0.05, 0.1) is 11.1 Å². The molecule has 0 bridgehead atoms. The summed E-state index contributed by atoms with van der Waals surface area (Å²) in [6.07, 6.45) is 3.09. The van der Waals surface area contributed by atoms with E-state index in [2.05, 4.69) is 25.2 Å². The van der Waals surface area contributed by atoms with Crippen LogP contribution in [-0.4, -0.2) is 18.5 Å². The summed E-state index contributed by atoms with van der Waals surface area (Å²) < 4.78 is 11.2. The van der Waals surface area contributed by atoms with Gasteiger partial charge in [-0.3, -0.25) is 0 Å². The first-order valence-electron chi connectivity index (χ1n) is 11.4. The number of ether oxygens (including phenoxy) is 2. The molecule has 0 aliphatic carbocycles. The summed E-state index contributed by atoms with van der Waals surface area (Å²) in [6.45, 7) is 5.07. The lowest BCUT2D eigenvalue weighted by atomic mass is 9.97. The number of fused-ring (bicyclic) bond motifs is 2. The van der Waals surface area contributed by atoms with E-state index in [-0.39, 0.29) is 5.97 Å². The van der Waals surface area contributed by atoms with Gasteiger partial charge in [0.2, 0.25) is 0 Å². The Morgan fingerprint density at radius 3 is 2.00 bits per heavy atom. The van der Waals surface area contributed by atoms with Crippen molar-refractivity contribution in [3.8, 4) is 11.5 Å². The van der Waals surface area contributed by atoms with Crippen LogP contribution in [0.4, 0.5) is 5.69 Å². The summed E-state index contributed by atoms with van der Waals surface area (Å²) in [5.41, 5.74) is 4.83. The topological polar surface area (TPSA) is 64.6 Å². The molecule has 5 rings (SSSR count). The average Bonchev–Trinajstić information content (AvgIpc) is 3.31. The van der Waals surface area contributed by atoms with E-state index >= 15 is 0 Å². The number of rotatable bonds is 7. The second-order valence-corrected chi connectivity index (χ2v) is 8.25. The zero-order chi connectivity index (χ0) is 22.9. The van der Waals surface area contributed by atoms with Crippen molar-refractivity contribution in [1.82, 2.24) is 0 Å². The lowest BCUT2D eigenvalue weighted by molar-refractivity contribution is -0.128. The van der Waals surface area contributed by atoms with E-state index < -0.39 is 5.97 Å². The molecule has 0 amide bonds. The molecule has 0 saturated carbocycles. The van der Waals surface area contributed by atoms with E-state index in [9.17, 15) is 9.59 Å². The van der Waals surface area contributed by atoms with Crippen molar-refractivity contribution in [2.24, 2.45) is 0 Å². The number of unbranched alkanes of at least 4 members (excludes halogenated alkanes) is 1. The van der Waals surface area contributed by atoms with Gasteiger partial charge in [0.25, 0.3) is 0 Å². The van der Waals surface area contributed by atoms with E-state index in [1.165, 1.54) is 5.56 Å². The highest BCUT2D eigenvalue weighted by Crippen LogP contribution is 2.29. The minimum atomic E-state index is -0.399. The average molecular weight is 440 g/mol. The zero-order valence-corrected chi connectivity index (χ0v) is 18.7. The molecule has 166 valence electrons. The number of hydrogen-bond acceptors (Lipinski definition) is 5. The molecule has 3 aromatic carbocycles. The molecule has 0 atom stereocenters. The number of carbonyl (C=O) groups is 2. The highest BCUT2D eigenvalue weighted by molar-refractivity contribution is 6.21. The number of aryl methyl sites for hydroxylation is 1. The van der Waals surface area contributed by atoms with Crippen LogP contribution in [0.25, 0.3) is 11.1 Å². The van der Waals surface area contributed by atoms with Gasteiger partial charge in [0.1, 0.15) is 11.5 Å². The van der Waals surface area contributed by atoms with E-state index in [0.717, 1.165) is 42.6 Å². The van der Waals surface area contributed by atoms with Gasteiger partial charge < -0.3 is 14.8 Å². The maximum Gasteiger partial charge on any atom is 0.344 e. The van der Waals surface area contributed by atoms with Crippen LogP contribution in [0.5, 0.6) is 11.5 Å². The van der Waals surface area contributed by atoms with Gasteiger partial charge >= 0.3 is 11.9 Å². The van der Waals surface area contributed by atoms with Crippen LogP contribution < -0.4 is 25.2 Å². The third kappa shape index (κ3) is 3.69. The Hall–Kier alpha value is -3.86. The number of hydrogen-bond donors (Lipinski definition) is 1. The molecular weight excluding hydrogens is 414 g/mol. The van der Waals surface area contributed by atoms with Crippen LogP contribution >= 0.6 is 0 Å². The maximum absolute atomic E-state index is 12.9. The molecule has 2 heterocycles. The molecule has 2 aliphatic heterocycles. The predicted molar refractivity (Wildman–Crippen MR) is 128 cm³/mol. The number of nitrogens with one attached hydrogen (secondary N) is 1. The fourth-order valence-corrected chi connectivity index (χ4v) is 4.48. The van der Waals surface area contributed by atoms with Crippen molar-refractivity contribution in [2.45, 2.75) is 33.1 Å². The molecule has 5 nitrogen and oxygen atoms in total. The van der Waals surface area contributed by atoms with Crippen molar-refractivity contribution in [3.05, 3.63) is 87.8 Å². The minimum absolute atomic E-state index is 0.390. The molecule has 0 saturated heterocycles. The highest BCUT2D eigenvalue weighted by Gasteiger charge is 2.30. The number of benzene rings is 3. The van der Waals surface area contributed by atoms with Gasteiger partial charge in [-0.2, -0.15) is 0 Å². The first kappa shape index (κ1) is 21.0. The SMILES string of the molecule is CCCCc1cc(C2=c3cc4c(cc3OC2=O)=C(c2ccccc2)C(=O)O4)ccc1NCC. The molecule has 0 radical (unpaired) electrons. The van der Waals surface area contributed by atoms with Gasteiger partial charge in [0, 0.05) is 22.7 Å². The number of esters is 2. The summed E-state index contributed by atoms with van der Waals surface area (Å²) in [7, 11) is 0. The van der Waals surface area contributed by atoms with Gasteiger partial charge in [0.15, 0.2) is 0 Å². The molecule has 5 heteroatoms. The van der Waals surface area contributed by atoms with Gasteiger partial charge in [-0.15, -0.1) is 0 Å². The normalized spacial score (nSPS) is 14.1. The molecule has 1 N–H and O–H groups in total. The van der Waals surface area contributed by atoms with E-state index in [0.29, 0.717) is 33.1 Å². The quantitative estimate of drug-likeness (QED) is 0.449. The summed E-state index contributed by atoms with van der Waals surface area (Å²) in [6, 6.07) is 18.9. The van der Waals surface area contributed by atoms with Gasteiger partial charge in [-0.1, -0.05) is 49.7 Å². The Balaban J connectivity index is 1.68. The van der Waals surface area contributed by atoms with Crippen LogP contribution in [-0.2, 0) is 16.0 Å². The lowest BCUT2D eigenvalue weighted by Crippen LogP contribution is -2.11. The Labute approximate surface area is 192 Å². The number of anilines is 1. The smallest absolute Gasteiger partial charge is 0.344 e. The molecular formula is C28H25NO4. The lowest BCUT2D eigenvalue weighted by Gasteiger charge is -2.12. The van der Waals surface area contributed by atoms with Crippen LogP contribution in [0.1, 0.15) is 43.4 Å². The van der Waals surface area contributed by atoms with Gasteiger partial charge in [-0.05, 0) is 60.7 Å². The first-order valence-corrected chi connectivity index (χ1v) is 11.4. The summed E-state index contributed by atoms with van der Waals surface area (Å²) in [5.74, 6) is 0.110. The van der Waals surface area contributed by atoms with E-state index in [4.69, 9.17) is 9.47 Å². The fourth-order valence-electron chi connectivity index (χ4n) is 4.48. The van der Waals surface area contributed by atoms with E-state index in [1.807, 2.05) is 42.5 Å². The Kier molecular flexibility index (Phi) is 5.47. The first-order chi connectivity index (χ1) is 16.1. The minimum Gasteiger partial charge on any atom is -0.422 e. The molecule has 3 aromatic rings. The molecule has 0 aromatic heterocycles.